The molecule has 3 N–H and O–H groups in total. The molecule has 20 nitrogen and oxygen atoms in total. The van der Waals surface area contributed by atoms with Crippen LogP contribution in [0.15, 0.2) is 54.5 Å². The van der Waals surface area contributed by atoms with Gasteiger partial charge < -0.3 is 20.5 Å². The Kier molecular flexibility index (Phi) is 15.2. The van der Waals surface area contributed by atoms with Gasteiger partial charge in [0.1, 0.15) is 30.4 Å². The Bertz CT molecular complexity index is 1600. The molecule has 4 aromatic rings. The number of H-pyrrole nitrogens is 1. The van der Waals surface area contributed by atoms with E-state index in [0.29, 0.717) is 0 Å². The van der Waals surface area contributed by atoms with E-state index in [-0.39, 0.29) is 29.9 Å². The average Bonchev–Trinajstić information content (AvgIpc) is 3.73. The van der Waals surface area contributed by atoms with Crippen LogP contribution in [0.4, 0.5) is 28.4 Å². The molecule has 0 unspecified atom stereocenters. The van der Waals surface area contributed by atoms with Crippen LogP contribution in [-0.2, 0) is 4.74 Å². The molecule has 246 valence electrons. The van der Waals surface area contributed by atoms with Crippen molar-refractivity contribution < 1.29 is 24.4 Å². The van der Waals surface area contributed by atoms with Crippen molar-refractivity contribution in [2.24, 2.45) is 5.10 Å². The molecule has 5 heterocycles. The molecule has 0 atom stereocenters. The minimum absolute atomic E-state index is 0. The van der Waals surface area contributed by atoms with Gasteiger partial charge in [-0.2, -0.15) is 5.10 Å². The standard InChI is InChI=1S/C8H9N5O4.C7H7N3.C6H5N3O4.C4H8O.CH4/c1-11(2)10-3-6-7(12(14)15)4-9-5-8(6)13(16)17;8-6-3-9-4-7-5(6)1-2-10-7;1-4-5(8(10)11)2-7-3-6(4)9(12)13;1-2-4-5-3-1;/h3-5H,1-2H3;1-4,10H,8H2;2-3H,1H3;1-4H2;1H4/b10-3+;;;;. The van der Waals surface area contributed by atoms with Crippen molar-refractivity contribution in [2.75, 3.05) is 33.0 Å². The van der Waals surface area contributed by atoms with Gasteiger partial charge in [0.25, 0.3) is 11.4 Å². The maximum absolute atomic E-state index is 10.7. The Balaban J connectivity index is 0.000000324. The molecule has 4 aromatic heterocycles. The van der Waals surface area contributed by atoms with Crippen LogP contribution in [0, 0.1) is 47.4 Å². The molecule has 0 radical (unpaired) electrons. The predicted molar refractivity (Wildman–Crippen MR) is 168 cm³/mol. The summed E-state index contributed by atoms with van der Waals surface area (Å²) in [6.45, 7) is 3.32. The van der Waals surface area contributed by atoms with Crippen molar-refractivity contribution >= 4 is 45.6 Å². The number of nitrogens with one attached hydrogen (secondary N) is 1. The van der Waals surface area contributed by atoms with Gasteiger partial charge in [-0.25, -0.2) is 0 Å². The summed E-state index contributed by atoms with van der Waals surface area (Å²) in [5, 5.41) is 48.3. The summed E-state index contributed by atoms with van der Waals surface area (Å²) in [5.41, 5.74) is 5.58. The van der Waals surface area contributed by atoms with Crippen molar-refractivity contribution in [1.82, 2.24) is 24.9 Å². The molecule has 1 saturated heterocycles. The highest BCUT2D eigenvalue weighted by atomic mass is 16.6. The zero-order valence-corrected chi connectivity index (χ0v) is 24.3. The van der Waals surface area contributed by atoms with Crippen LogP contribution in [0.1, 0.15) is 31.4 Å². The first-order valence-corrected chi connectivity index (χ1v) is 12.8. The van der Waals surface area contributed by atoms with Crippen molar-refractivity contribution in [2.45, 2.75) is 27.2 Å². The molecule has 0 amide bonds. The third kappa shape index (κ3) is 11.1. The Morgan fingerprint density at radius 3 is 1.67 bits per heavy atom. The summed E-state index contributed by atoms with van der Waals surface area (Å²) in [6, 6.07) is 1.94. The molecule has 1 aliphatic heterocycles. The number of hydrazone groups is 1. The number of nitrogens with two attached hydrogens (primary N) is 1. The van der Waals surface area contributed by atoms with Crippen LogP contribution in [-0.4, -0.2) is 78.2 Å². The molecule has 0 aliphatic carbocycles. The van der Waals surface area contributed by atoms with E-state index in [1.807, 2.05) is 12.3 Å². The lowest BCUT2D eigenvalue weighted by molar-refractivity contribution is -0.395. The van der Waals surface area contributed by atoms with E-state index in [2.05, 4.69) is 25.0 Å². The summed E-state index contributed by atoms with van der Waals surface area (Å²) in [4.78, 5) is 53.0. The first-order valence-electron chi connectivity index (χ1n) is 12.8. The summed E-state index contributed by atoms with van der Waals surface area (Å²) in [7, 11) is 3.19. The maximum atomic E-state index is 10.7. The highest BCUT2D eigenvalue weighted by Gasteiger charge is 2.24. The number of rotatable bonds is 6. The van der Waals surface area contributed by atoms with E-state index in [0.717, 1.165) is 60.8 Å². The molecule has 1 aliphatic rings. The monoisotopic (exact) mass is 643 g/mol. The molecule has 0 aromatic carbocycles. The number of ether oxygens (including phenoxy) is 1. The third-order valence-corrected chi connectivity index (χ3v) is 5.65. The minimum atomic E-state index is -0.739. The van der Waals surface area contributed by atoms with Crippen LogP contribution in [0.2, 0.25) is 0 Å². The van der Waals surface area contributed by atoms with Crippen LogP contribution in [0.25, 0.3) is 10.9 Å². The largest absolute Gasteiger partial charge is 0.397 e. The fraction of sp³-hybridized carbons (Fsp3) is 0.308. The van der Waals surface area contributed by atoms with Crippen molar-refractivity contribution in [1.29, 1.82) is 0 Å². The minimum Gasteiger partial charge on any atom is -0.397 e. The average molecular weight is 644 g/mol. The predicted octanol–water partition coefficient (Wildman–Crippen LogP) is 4.58. The first-order chi connectivity index (χ1) is 21.3. The number of anilines is 1. The van der Waals surface area contributed by atoms with Gasteiger partial charge in [0.2, 0.25) is 0 Å². The van der Waals surface area contributed by atoms with Gasteiger partial charge in [-0.15, -0.1) is 0 Å². The normalized spacial score (nSPS) is 11.5. The topological polar surface area (TPSA) is 278 Å². The van der Waals surface area contributed by atoms with E-state index in [1.165, 1.54) is 24.8 Å². The number of aromatic nitrogens is 4. The lowest BCUT2D eigenvalue weighted by atomic mass is 10.2. The van der Waals surface area contributed by atoms with E-state index in [4.69, 9.17) is 10.5 Å². The van der Waals surface area contributed by atoms with Crippen LogP contribution in [0.5, 0.6) is 0 Å². The first kappa shape index (κ1) is 37.8. The van der Waals surface area contributed by atoms with Crippen LogP contribution < -0.4 is 5.73 Å². The molecule has 1 fully saturated rings. The second-order valence-corrected chi connectivity index (χ2v) is 9.00. The van der Waals surface area contributed by atoms with Crippen molar-refractivity contribution in [3.63, 3.8) is 0 Å². The number of nitrogens with zero attached hydrogens (tertiary/aromatic N) is 9. The SMILES string of the molecule is C.C1CCOC1.CN(C)/N=C/c1c([N+](=O)[O-])cncc1[N+](=O)[O-].Cc1c([N+](=O)[O-])cncc1[N+](=O)[O-].Nc1cncc2[nH]ccc12. The fourth-order valence-corrected chi connectivity index (χ4v) is 3.43. The van der Waals surface area contributed by atoms with Crippen molar-refractivity contribution in [3.8, 4) is 0 Å². The number of hydrogen-bond acceptors (Lipinski definition) is 15. The summed E-state index contributed by atoms with van der Waals surface area (Å²) >= 11 is 0. The summed E-state index contributed by atoms with van der Waals surface area (Å²) in [5.74, 6) is 0. The highest BCUT2D eigenvalue weighted by Crippen LogP contribution is 2.25. The van der Waals surface area contributed by atoms with Crippen molar-refractivity contribution in [3.05, 3.63) is 101 Å². The van der Waals surface area contributed by atoms with Crippen LogP contribution >= 0.6 is 0 Å². The van der Waals surface area contributed by atoms with E-state index < -0.39 is 31.1 Å². The van der Waals surface area contributed by atoms with Gasteiger partial charge in [-0.3, -0.25) is 55.4 Å². The van der Waals surface area contributed by atoms with Gasteiger partial charge in [-0.1, -0.05) is 7.43 Å². The van der Waals surface area contributed by atoms with Gasteiger partial charge in [-0.05, 0) is 25.8 Å². The zero-order valence-electron chi connectivity index (χ0n) is 24.3. The second-order valence-electron chi connectivity index (χ2n) is 9.00. The van der Waals surface area contributed by atoms with Gasteiger partial charge in [0.15, 0.2) is 5.56 Å². The molecule has 0 bridgehead atoms. The summed E-state index contributed by atoms with van der Waals surface area (Å²) in [6.07, 6.45) is 12.8. The van der Waals surface area contributed by atoms with Crippen LogP contribution in [0.3, 0.4) is 0 Å². The number of nitro groups is 4. The molecular weight excluding hydrogens is 610 g/mol. The Hall–Kier alpha value is -6.18. The lowest BCUT2D eigenvalue weighted by Gasteiger charge is -2.03. The van der Waals surface area contributed by atoms with E-state index >= 15 is 0 Å². The van der Waals surface area contributed by atoms with Gasteiger partial charge in [0, 0.05) is 38.9 Å². The number of aromatic amines is 1. The Labute approximate surface area is 261 Å². The molecule has 0 saturated carbocycles. The Morgan fingerprint density at radius 2 is 1.28 bits per heavy atom. The summed E-state index contributed by atoms with van der Waals surface area (Å²) < 4.78 is 4.94. The quantitative estimate of drug-likeness (QED) is 0.165. The lowest BCUT2D eigenvalue weighted by Crippen LogP contribution is -2.05. The molecule has 5 rings (SSSR count). The Morgan fingerprint density at radius 1 is 0.826 bits per heavy atom. The van der Waals surface area contributed by atoms with E-state index in [9.17, 15) is 40.5 Å². The molecule has 46 heavy (non-hydrogen) atoms. The fourth-order valence-electron chi connectivity index (χ4n) is 3.43. The number of fused-ring (bicyclic) bond motifs is 1. The highest BCUT2D eigenvalue weighted by molar-refractivity contribution is 5.90. The third-order valence-electron chi connectivity index (χ3n) is 5.65. The molecule has 0 spiro atoms. The van der Waals surface area contributed by atoms with Gasteiger partial charge >= 0.3 is 11.4 Å². The van der Waals surface area contributed by atoms with Gasteiger partial charge in [0.05, 0.1) is 49.5 Å². The zero-order chi connectivity index (χ0) is 33.5. The second kappa shape index (κ2) is 18.5. The number of pyridine rings is 3. The number of nitrogen functional groups attached to an aromatic ring is 1. The molecule has 20 heteroatoms. The van der Waals surface area contributed by atoms with E-state index in [1.54, 1.807) is 26.5 Å². The molecular formula is C26H33N11O9. The smallest absolute Gasteiger partial charge is 0.303 e. The number of hydrogen-bond donors (Lipinski definition) is 2. The maximum Gasteiger partial charge on any atom is 0.303 e.